The van der Waals surface area contributed by atoms with Gasteiger partial charge in [-0.25, -0.2) is 9.07 Å². The number of para-hydroxylation sites is 1. The molecule has 0 saturated carbocycles. The van der Waals surface area contributed by atoms with Crippen molar-refractivity contribution >= 4 is 0 Å². The molecule has 88 valence electrons. The van der Waals surface area contributed by atoms with Crippen molar-refractivity contribution in [3.8, 4) is 5.69 Å². The van der Waals surface area contributed by atoms with E-state index in [0.717, 1.165) is 30.7 Å². The highest BCUT2D eigenvalue weighted by Crippen LogP contribution is 2.28. The lowest BCUT2D eigenvalue weighted by molar-refractivity contribution is 0.534. The zero-order valence-corrected chi connectivity index (χ0v) is 9.31. The molecule has 1 aliphatic carbocycles. The fourth-order valence-corrected chi connectivity index (χ4v) is 2.30. The topological polar surface area (TPSA) is 56.7 Å². The van der Waals surface area contributed by atoms with Crippen molar-refractivity contribution in [2.75, 3.05) is 0 Å². The average Bonchev–Trinajstić information content (AvgIpc) is 2.75. The minimum atomic E-state index is -0.307. The molecule has 2 N–H and O–H groups in total. The zero-order chi connectivity index (χ0) is 11.8. The van der Waals surface area contributed by atoms with Gasteiger partial charge >= 0.3 is 0 Å². The summed E-state index contributed by atoms with van der Waals surface area (Å²) in [7, 11) is 0. The van der Waals surface area contributed by atoms with E-state index in [4.69, 9.17) is 5.73 Å². The fraction of sp³-hybridized carbons (Fsp3) is 0.333. The number of rotatable bonds is 1. The number of fused-ring (bicyclic) bond motifs is 1. The maximum Gasteiger partial charge on any atom is 0.148 e. The first-order chi connectivity index (χ1) is 8.27. The highest BCUT2D eigenvalue weighted by molar-refractivity contribution is 5.36. The molecular formula is C12H13FN4. The third-order valence-electron chi connectivity index (χ3n) is 3.14. The molecule has 1 aromatic heterocycles. The second kappa shape index (κ2) is 3.92. The maximum absolute atomic E-state index is 13.7. The van der Waals surface area contributed by atoms with E-state index in [9.17, 15) is 4.39 Å². The van der Waals surface area contributed by atoms with Crippen LogP contribution in [-0.2, 0) is 6.42 Å². The number of aromatic nitrogens is 3. The number of aryl methyl sites for hydroxylation is 1. The molecule has 1 atom stereocenters. The predicted octanol–water partition coefficient (Wildman–Crippen LogP) is 1.74. The van der Waals surface area contributed by atoms with Gasteiger partial charge in [0.25, 0.3) is 0 Å². The molecule has 5 heteroatoms. The first kappa shape index (κ1) is 10.4. The Labute approximate surface area is 98.2 Å². The summed E-state index contributed by atoms with van der Waals surface area (Å²) in [6.45, 7) is 0. The smallest absolute Gasteiger partial charge is 0.148 e. The monoisotopic (exact) mass is 232 g/mol. The van der Waals surface area contributed by atoms with E-state index in [0.29, 0.717) is 5.69 Å². The van der Waals surface area contributed by atoms with Crippen LogP contribution in [0.1, 0.15) is 30.3 Å². The van der Waals surface area contributed by atoms with E-state index in [1.807, 2.05) is 0 Å². The molecule has 2 aromatic rings. The van der Waals surface area contributed by atoms with Gasteiger partial charge in [-0.2, -0.15) is 0 Å². The molecule has 3 rings (SSSR count). The quantitative estimate of drug-likeness (QED) is 0.814. The van der Waals surface area contributed by atoms with Crippen molar-refractivity contribution in [2.45, 2.75) is 25.3 Å². The van der Waals surface area contributed by atoms with E-state index >= 15 is 0 Å². The molecule has 1 aromatic carbocycles. The van der Waals surface area contributed by atoms with Crippen molar-refractivity contribution in [1.82, 2.24) is 15.0 Å². The van der Waals surface area contributed by atoms with Gasteiger partial charge in [-0.05, 0) is 31.4 Å². The fourth-order valence-electron chi connectivity index (χ4n) is 2.30. The third kappa shape index (κ3) is 1.63. The number of hydrogen-bond donors (Lipinski definition) is 1. The molecule has 0 radical (unpaired) electrons. The Morgan fingerprint density at radius 1 is 1.35 bits per heavy atom. The maximum atomic E-state index is 13.7. The standard InChI is InChI=1S/C12H13FN4/c13-8-4-1-2-7-11(8)17-12-9(14)5-3-6-10(12)15-16-17/h1-2,4,7,9H,3,5-6,14H2. The van der Waals surface area contributed by atoms with Crippen LogP contribution in [0.5, 0.6) is 0 Å². The van der Waals surface area contributed by atoms with Crippen molar-refractivity contribution in [3.05, 3.63) is 41.5 Å². The van der Waals surface area contributed by atoms with E-state index in [1.54, 1.807) is 18.2 Å². The summed E-state index contributed by atoms with van der Waals surface area (Å²) < 4.78 is 15.3. The van der Waals surface area contributed by atoms with Crippen LogP contribution in [0.2, 0.25) is 0 Å². The summed E-state index contributed by atoms with van der Waals surface area (Å²) in [5.74, 6) is -0.307. The molecule has 0 saturated heterocycles. The van der Waals surface area contributed by atoms with Crippen LogP contribution >= 0.6 is 0 Å². The molecule has 0 amide bonds. The summed E-state index contributed by atoms with van der Waals surface area (Å²) in [5.41, 5.74) is 8.21. The Morgan fingerprint density at radius 2 is 2.18 bits per heavy atom. The van der Waals surface area contributed by atoms with Crippen molar-refractivity contribution in [2.24, 2.45) is 5.73 Å². The Bertz CT molecular complexity index is 549. The average molecular weight is 232 g/mol. The van der Waals surface area contributed by atoms with Crippen LogP contribution < -0.4 is 5.73 Å². The highest BCUT2D eigenvalue weighted by atomic mass is 19.1. The largest absolute Gasteiger partial charge is 0.323 e. The second-order valence-corrected chi connectivity index (χ2v) is 4.28. The number of nitrogens with two attached hydrogens (primary N) is 1. The Kier molecular flexibility index (Phi) is 2.40. The SMILES string of the molecule is NC1CCCc2nnn(-c3ccccc3F)c21. The Hall–Kier alpha value is -1.75. The van der Waals surface area contributed by atoms with Gasteiger partial charge in [-0.3, -0.25) is 0 Å². The van der Waals surface area contributed by atoms with Gasteiger partial charge in [0.05, 0.1) is 11.4 Å². The first-order valence-electron chi connectivity index (χ1n) is 5.72. The molecule has 1 heterocycles. The highest BCUT2D eigenvalue weighted by Gasteiger charge is 2.25. The van der Waals surface area contributed by atoms with Crippen LogP contribution in [0.3, 0.4) is 0 Å². The lowest BCUT2D eigenvalue weighted by Crippen LogP contribution is -2.21. The van der Waals surface area contributed by atoms with Crippen LogP contribution in [0.15, 0.2) is 24.3 Å². The summed E-state index contributed by atoms with van der Waals surface area (Å²) in [6.07, 6.45) is 2.79. The molecule has 1 unspecified atom stereocenters. The lowest BCUT2D eigenvalue weighted by Gasteiger charge is -2.19. The van der Waals surface area contributed by atoms with E-state index in [2.05, 4.69) is 10.3 Å². The van der Waals surface area contributed by atoms with E-state index in [1.165, 1.54) is 10.7 Å². The predicted molar refractivity (Wildman–Crippen MR) is 61.2 cm³/mol. The van der Waals surface area contributed by atoms with Crippen molar-refractivity contribution in [3.63, 3.8) is 0 Å². The van der Waals surface area contributed by atoms with Crippen LogP contribution in [0.4, 0.5) is 4.39 Å². The van der Waals surface area contributed by atoms with Crippen molar-refractivity contribution < 1.29 is 4.39 Å². The minimum absolute atomic E-state index is 0.103. The Balaban J connectivity index is 2.17. The Morgan fingerprint density at radius 3 is 3.00 bits per heavy atom. The summed E-state index contributed by atoms with van der Waals surface area (Å²) in [6, 6.07) is 6.43. The molecule has 0 bridgehead atoms. The number of hydrogen-bond acceptors (Lipinski definition) is 3. The van der Waals surface area contributed by atoms with Gasteiger partial charge < -0.3 is 5.73 Å². The van der Waals surface area contributed by atoms with Crippen molar-refractivity contribution in [1.29, 1.82) is 0 Å². The molecule has 0 fully saturated rings. The van der Waals surface area contributed by atoms with E-state index in [-0.39, 0.29) is 11.9 Å². The van der Waals surface area contributed by atoms with Gasteiger partial charge in [-0.1, -0.05) is 17.3 Å². The van der Waals surface area contributed by atoms with Crippen LogP contribution in [0, 0.1) is 5.82 Å². The number of halogens is 1. The molecule has 4 nitrogen and oxygen atoms in total. The third-order valence-corrected chi connectivity index (χ3v) is 3.14. The van der Waals surface area contributed by atoms with Gasteiger partial charge in [0.2, 0.25) is 0 Å². The molecule has 17 heavy (non-hydrogen) atoms. The zero-order valence-electron chi connectivity index (χ0n) is 9.31. The van der Waals surface area contributed by atoms with Gasteiger partial charge in [0.1, 0.15) is 11.5 Å². The molecular weight excluding hydrogens is 219 g/mol. The second-order valence-electron chi connectivity index (χ2n) is 4.28. The first-order valence-corrected chi connectivity index (χ1v) is 5.72. The molecule has 0 aliphatic heterocycles. The van der Waals surface area contributed by atoms with E-state index < -0.39 is 0 Å². The minimum Gasteiger partial charge on any atom is -0.323 e. The number of benzene rings is 1. The van der Waals surface area contributed by atoms with Gasteiger partial charge in [0.15, 0.2) is 0 Å². The lowest BCUT2D eigenvalue weighted by atomic mass is 9.96. The van der Waals surface area contributed by atoms with Crippen LogP contribution in [-0.4, -0.2) is 15.0 Å². The van der Waals surface area contributed by atoms with Crippen LogP contribution in [0.25, 0.3) is 5.69 Å². The van der Waals surface area contributed by atoms with Gasteiger partial charge in [-0.15, -0.1) is 5.10 Å². The summed E-state index contributed by atoms with van der Waals surface area (Å²) >= 11 is 0. The normalized spacial score (nSPS) is 19.1. The molecule has 0 spiro atoms. The van der Waals surface area contributed by atoms with Gasteiger partial charge in [0, 0.05) is 6.04 Å². The molecule has 1 aliphatic rings. The summed E-state index contributed by atoms with van der Waals surface area (Å²) in [5, 5.41) is 8.12. The number of nitrogens with zero attached hydrogens (tertiary/aromatic N) is 3. The summed E-state index contributed by atoms with van der Waals surface area (Å²) in [4.78, 5) is 0.